The number of carbonyl (C=O) groups is 4. The van der Waals surface area contributed by atoms with Crippen molar-refractivity contribution < 1.29 is 23.9 Å². The van der Waals surface area contributed by atoms with Crippen LogP contribution in [-0.4, -0.2) is 30.2 Å². The lowest BCUT2D eigenvalue weighted by Gasteiger charge is -2.26. The highest BCUT2D eigenvalue weighted by Gasteiger charge is 2.37. The molecule has 0 N–H and O–H groups in total. The number of anilines is 2. The van der Waals surface area contributed by atoms with E-state index in [4.69, 9.17) is 16.3 Å². The van der Waals surface area contributed by atoms with E-state index in [1.807, 2.05) is 6.92 Å². The number of hydrogen-bond acceptors (Lipinski definition) is 5. The molecule has 32 heavy (non-hydrogen) atoms. The zero-order valence-electron chi connectivity index (χ0n) is 17.9. The zero-order valence-corrected chi connectivity index (χ0v) is 18.6. The number of imide groups is 1. The Kier molecular flexibility index (Phi) is 6.02. The van der Waals surface area contributed by atoms with E-state index in [-0.39, 0.29) is 30.7 Å². The van der Waals surface area contributed by atoms with Crippen LogP contribution in [0.15, 0.2) is 36.4 Å². The van der Waals surface area contributed by atoms with Crippen molar-refractivity contribution in [2.75, 3.05) is 16.3 Å². The van der Waals surface area contributed by atoms with Crippen LogP contribution in [0.3, 0.4) is 0 Å². The Morgan fingerprint density at radius 1 is 1.00 bits per heavy atom. The van der Waals surface area contributed by atoms with E-state index in [0.717, 1.165) is 5.56 Å². The van der Waals surface area contributed by atoms with Gasteiger partial charge in [0.2, 0.25) is 17.7 Å². The van der Waals surface area contributed by atoms with Gasteiger partial charge in [0, 0.05) is 36.5 Å². The highest BCUT2D eigenvalue weighted by atomic mass is 35.5. The second-order valence-corrected chi connectivity index (χ2v) is 8.54. The second kappa shape index (κ2) is 8.74. The van der Waals surface area contributed by atoms with Gasteiger partial charge in [-0.3, -0.25) is 24.1 Å². The number of hydrogen-bond donors (Lipinski definition) is 0. The van der Waals surface area contributed by atoms with Crippen LogP contribution in [0.5, 0.6) is 5.75 Å². The van der Waals surface area contributed by atoms with E-state index >= 15 is 0 Å². The van der Waals surface area contributed by atoms with Gasteiger partial charge < -0.3 is 9.64 Å². The summed E-state index contributed by atoms with van der Waals surface area (Å²) in [6.07, 6.45) is 1.29. The Balaban J connectivity index is 1.47. The Bertz CT molecular complexity index is 1110. The third kappa shape index (κ3) is 4.12. The van der Waals surface area contributed by atoms with Crippen LogP contribution in [0.25, 0.3) is 0 Å². The standard InChI is InChI=1S/C24H23ClN2O5/c1-14-11-17(9-10-19(14)27-21(28)7-4-8-22(27)29)32-24(31)16-12-23(30)26(13-16)20-6-3-5-18(25)15(20)2/h3,5-6,9-11,16H,4,7-8,12-13H2,1-2H3/t16-/m0/s1. The first kappa shape index (κ1) is 22.0. The van der Waals surface area contributed by atoms with Crippen molar-refractivity contribution in [1.29, 1.82) is 0 Å². The summed E-state index contributed by atoms with van der Waals surface area (Å²) in [7, 11) is 0. The van der Waals surface area contributed by atoms with Gasteiger partial charge in [0.25, 0.3) is 0 Å². The number of amides is 3. The van der Waals surface area contributed by atoms with Crippen molar-refractivity contribution >= 4 is 46.7 Å². The minimum Gasteiger partial charge on any atom is -0.426 e. The fourth-order valence-electron chi connectivity index (χ4n) is 4.15. The lowest BCUT2D eigenvalue weighted by Crippen LogP contribution is -2.40. The average molecular weight is 455 g/mol. The zero-order chi connectivity index (χ0) is 23.0. The number of benzene rings is 2. The van der Waals surface area contributed by atoms with Crippen LogP contribution in [0.1, 0.15) is 36.8 Å². The number of nitrogens with zero attached hydrogens (tertiary/aromatic N) is 2. The molecule has 0 spiro atoms. The molecule has 7 nitrogen and oxygen atoms in total. The maximum Gasteiger partial charge on any atom is 0.316 e. The maximum atomic E-state index is 12.7. The van der Waals surface area contributed by atoms with Gasteiger partial charge >= 0.3 is 5.97 Å². The molecular weight excluding hydrogens is 432 g/mol. The molecule has 2 aliphatic rings. The van der Waals surface area contributed by atoms with Gasteiger partial charge in [-0.05, 0) is 61.7 Å². The molecule has 2 aromatic carbocycles. The molecule has 2 heterocycles. The summed E-state index contributed by atoms with van der Waals surface area (Å²) in [5.74, 6) is -1.42. The summed E-state index contributed by atoms with van der Waals surface area (Å²) in [6, 6.07) is 10.1. The number of halogens is 1. The SMILES string of the molecule is Cc1cc(OC(=O)[C@H]2CC(=O)N(c3cccc(Cl)c3C)C2)ccc1N1C(=O)CCCC1=O. The summed E-state index contributed by atoms with van der Waals surface area (Å²) < 4.78 is 5.53. The first-order valence-electron chi connectivity index (χ1n) is 10.5. The van der Waals surface area contributed by atoms with Crippen molar-refractivity contribution in [1.82, 2.24) is 0 Å². The molecular formula is C24H23ClN2O5. The molecule has 1 atom stereocenters. The van der Waals surface area contributed by atoms with Crippen LogP contribution < -0.4 is 14.5 Å². The molecule has 0 aromatic heterocycles. The lowest BCUT2D eigenvalue weighted by atomic mass is 10.1. The van der Waals surface area contributed by atoms with Gasteiger partial charge in [-0.15, -0.1) is 0 Å². The highest BCUT2D eigenvalue weighted by molar-refractivity contribution is 6.31. The summed E-state index contributed by atoms with van der Waals surface area (Å²) >= 11 is 6.17. The lowest BCUT2D eigenvalue weighted by molar-refractivity contribution is -0.139. The molecule has 2 aliphatic heterocycles. The van der Waals surface area contributed by atoms with Crippen molar-refractivity contribution in [3.63, 3.8) is 0 Å². The number of ether oxygens (including phenoxy) is 1. The van der Waals surface area contributed by atoms with E-state index in [1.54, 1.807) is 48.2 Å². The molecule has 4 rings (SSSR count). The summed E-state index contributed by atoms with van der Waals surface area (Å²) in [5.41, 5.74) is 2.62. The quantitative estimate of drug-likeness (QED) is 0.396. The van der Waals surface area contributed by atoms with Crippen LogP contribution in [0, 0.1) is 19.8 Å². The molecule has 0 aliphatic carbocycles. The van der Waals surface area contributed by atoms with Gasteiger partial charge in [0.1, 0.15) is 5.75 Å². The predicted molar refractivity (Wildman–Crippen MR) is 120 cm³/mol. The fraction of sp³-hybridized carbons (Fsp3) is 0.333. The Hall–Kier alpha value is -3.19. The first-order valence-corrected chi connectivity index (χ1v) is 10.9. The van der Waals surface area contributed by atoms with Gasteiger partial charge in [-0.1, -0.05) is 17.7 Å². The van der Waals surface area contributed by atoms with Crippen molar-refractivity contribution in [2.45, 2.75) is 39.5 Å². The molecule has 0 bridgehead atoms. The van der Waals surface area contributed by atoms with Crippen LogP contribution >= 0.6 is 11.6 Å². The van der Waals surface area contributed by atoms with Gasteiger partial charge in [0.05, 0.1) is 11.6 Å². The molecule has 2 saturated heterocycles. The third-order valence-electron chi connectivity index (χ3n) is 5.90. The maximum absolute atomic E-state index is 12.7. The topological polar surface area (TPSA) is 84.0 Å². The smallest absolute Gasteiger partial charge is 0.316 e. The molecule has 0 saturated carbocycles. The number of aryl methyl sites for hydroxylation is 1. The van der Waals surface area contributed by atoms with Crippen molar-refractivity contribution in [3.8, 4) is 5.75 Å². The molecule has 2 aromatic rings. The van der Waals surface area contributed by atoms with E-state index in [2.05, 4.69) is 0 Å². The minimum absolute atomic E-state index is 0.0542. The number of carbonyl (C=O) groups excluding carboxylic acids is 4. The average Bonchev–Trinajstić information content (AvgIpc) is 3.13. The fourth-order valence-corrected chi connectivity index (χ4v) is 4.32. The summed E-state index contributed by atoms with van der Waals surface area (Å²) in [6.45, 7) is 3.80. The monoisotopic (exact) mass is 454 g/mol. The van der Waals surface area contributed by atoms with Crippen molar-refractivity contribution in [3.05, 3.63) is 52.5 Å². The predicted octanol–water partition coefficient (Wildman–Crippen LogP) is 3.96. The van der Waals surface area contributed by atoms with Gasteiger partial charge in [0.15, 0.2) is 0 Å². The molecule has 3 amide bonds. The van der Waals surface area contributed by atoms with Gasteiger partial charge in [-0.25, -0.2) is 0 Å². The molecule has 166 valence electrons. The van der Waals surface area contributed by atoms with Crippen LogP contribution in [-0.2, 0) is 19.2 Å². The molecule has 0 unspecified atom stereocenters. The summed E-state index contributed by atoms with van der Waals surface area (Å²) in [5, 5.41) is 0.558. The Morgan fingerprint density at radius 2 is 1.72 bits per heavy atom. The normalized spacial score (nSPS) is 19.0. The van der Waals surface area contributed by atoms with E-state index in [9.17, 15) is 19.2 Å². The highest BCUT2D eigenvalue weighted by Crippen LogP contribution is 2.33. The number of piperidine rings is 1. The largest absolute Gasteiger partial charge is 0.426 e. The Morgan fingerprint density at radius 3 is 2.41 bits per heavy atom. The number of esters is 1. The minimum atomic E-state index is -0.605. The molecule has 0 radical (unpaired) electrons. The molecule has 2 fully saturated rings. The van der Waals surface area contributed by atoms with Crippen LogP contribution in [0.2, 0.25) is 5.02 Å². The second-order valence-electron chi connectivity index (χ2n) is 8.14. The van der Waals surface area contributed by atoms with E-state index < -0.39 is 11.9 Å². The third-order valence-corrected chi connectivity index (χ3v) is 6.31. The van der Waals surface area contributed by atoms with Crippen LogP contribution in [0.4, 0.5) is 11.4 Å². The summed E-state index contributed by atoms with van der Waals surface area (Å²) in [4.78, 5) is 52.4. The first-order chi connectivity index (χ1) is 15.3. The van der Waals surface area contributed by atoms with E-state index in [0.29, 0.717) is 47.0 Å². The molecule has 8 heteroatoms. The van der Waals surface area contributed by atoms with Crippen molar-refractivity contribution in [2.24, 2.45) is 5.92 Å². The van der Waals surface area contributed by atoms with Gasteiger partial charge in [-0.2, -0.15) is 0 Å². The van der Waals surface area contributed by atoms with E-state index in [1.165, 1.54) is 4.90 Å². The number of rotatable bonds is 4. The Labute approximate surface area is 190 Å².